The highest BCUT2D eigenvalue weighted by molar-refractivity contribution is 7.89. The third-order valence-corrected chi connectivity index (χ3v) is 3.30. The van der Waals surface area contributed by atoms with E-state index in [9.17, 15) is 18.5 Å². The molecule has 100 valence electrons. The average Bonchev–Trinajstić information content (AvgIpc) is 2.70. The van der Waals surface area contributed by atoms with E-state index in [1.165, 1.54) is 25.2 Å². The quantitative estimate of drug-likeness (QED) is 0.624. The Morgan fingerprint density at radius 3 is 2.47 bits per heavy atom. The fraction of sp³-hybridized carbons (Fsp3) is 0.111. The molecule has 2 N–H and O–H groups in total. The van der Waals surface area contributed by atoms with Crippen LogP contribution >= 0.6 is 0 Å². The number of sulfonamides is 1. The van der Waals surface area contributed by atoms with Crippen LogP contribution in [0.2, 0.25) is 0 Å². The van der Waals surface area contributed by atoms with Crippen LogP contribution in [0.3, 0.4) is 0 Å². The highest BCUT2D eigenvalue weighted by atomic mass is 32.2. The first kappa shape index (κ1) is 13.1. The van der Waals surface area contributed by atoms with E-state index in [2.05, 4.69) is 10.2 Å². The van der Waals surface area contributed by atoms with Crippen molar-refractivity contribution in [3.63, 3.8) is 0 Å². The molecule has 0 aliphatic carbocycles. The molecule has 19 heavy (non-hydrogen) atoms. The summed E-state index contributed by atoms with van der Waals surface area (Å²) in [5.74, 6) is 0.0522. The lowest BCUT2D eigenvalue weighted by Gasteiger charge is -2.03. The molecule has 9 nitrogen and oxygen atoms in total. The Morgan fingerprint density at radius 1 is 1.32 bits per heavy atom. The second kappa shape index (κ2) is 4.40. The summed E-state index contributed by atoms with van der Waals surface area (Å²) in [6.45, 7) is 0. The smallest absolute Gasteiger partial charge is 0.280 e. The molecule has 0 aliphatic rings. The van der Waals surface area contributed by atoms with Crippen LogP contribution in [-0.2, 0) is 17.1 Å². The molecular weight excluding hydrogens is 274 g/mol. The van der Waals surface area contributed by atoms with Gasteiger partial charge in [-0.15, -0.1) is 10.2 Å². The fourth-order valence-corrected chi connectivity index (χ4v) is 2.24. The molecule has 0 saturated carbocycles. The molecule has 0 radical (unpaired) electrons. The summed E-state index contributed by atoms with van der Waals surface area (Å²) < 4.78 is 23.6. The van der Waals surface area contributed by atoms with Gasteiger partial charge in [-0.2, -0.15) is 0 Å². The number of benzene rings is 1. The largest absolute Gasteiger partial charge is 0.300 e. The lowest BCUT2D eigenvalue weighted by Crippen LogP contribution is -2.17. The van der Waals surface area contributed by atoms with Crippen molar-refractivity contribution in [2.75, 3.05) is 0 Å². The van der Waals surface area contributed by atoms with E-state index in [0.717, 1.165) is 4.57 Å². The Morgan fingerprint density at radius 2 is 1.95 bits per heavy atom. The Kier molecular flexibility index (Phi) is 3.04. The highest BCUT2D eigenvalue weighted by Crippen LogP contribution is 2.28. The van der Waals surface area contributed by atoms with Crippen molar-refractivity contribution < 1.29 is 13.3 Å². The number of nitrogens with zero attached hydrogens (tertiary/aromatic N) is 4. The number of primary sulfonamides is 1. The Hall–Kier alpha value is -2.33. The maximum absolute atomic E-state index is 11.2. The van der Waals surface area contributed by atoms with Gasteiger partial charge in [0.1, 0.15) is 0 Å². The zero-order valence-electron chi connectivity index (χ0n) is 9.72. The van der Waals surface area contributed by atoms with Gasteiger partial charge in [0.25, 0.3) is 20.9 Å². The number of nitro groups is 1. The van der Waals surface area contributed by atoms with Crippen molar-refractivity contribution in [2.24, 2.45) is 12.2 Å². The van der Waals surface area contributed by atoms with Gasteiger partial charge in [0.2, 0.25) is 0 Å². The number of rotatable bonds is 3. The lowest BCUT2D eigenvalue weighted by atomic mass is 10.1. The zero-order chi connectivity index (χ0) is 14.2. The molecule has 0 aliphatic heterocycles. The molecule has 0 saturated heterocycles. The zero-order valence-corrected chi connectivity index (χ0v) is 10.5. The number of nitro benzene ring substituents is 1. The summed E-state index contributed by atoms with van der Waals surface area (Å²) in [6, 6.07) is 5.82. The molecule has 2 rings (SSSR count). The van der Waals surface area contributed by atoms with Gasteiger partial charge >= 0.3 is 0 Å². The van der Waals surface area contributed by atoms with Gasteiger partial charge in [0.05, 0.1) is 10.5 Å². The van der Waals surface area contributed by atoms with E-state index >= 15 is 0 Å². The van der Waals surface area contributed by atoms with Crippen LogP contribution in [0.15, 0.2) is 29.4 Å². The third kappa shape index (κ3) is 2.30. The van der Waals surface area contributed by atoms with Crippen molar-refractivity contribution in [2.45, 2.75) is 5.16 Å². The normalized spacial score (nSPS) is 11.5. The van der Waals surface area contributed by atoms with Crippen LogP contribution in [0.25, 0.3) is 11.4 Å². The van der Waals surface area contributed by atoms with E-state index in [1.807, 2.05) is 0 Å². The van der Waals surface area contributed by atoms with Crippen LogP contribution < -0.4 is 5.14 Å². The van der Waals surface area contributed by atoms with Gasteiger partial charge in [-0.1, -0.05) is 12.1 Å². The van der Waals surface area contributed by atoms with Gasteiger partial charge in [-0.3, -0.25) is 14.7 Å². The Bertz CT molecular complexity index is 752. The molecule has 1 aromatic carbocycles. The van der Waals surface area contributed by atoms with Crippen molar-refractivity contribution >= 4 is 15.7 Å². The predicted molar refractivity (Wildman–Crippen MR) is 64.5 cm³/mol. The third-order valence-electron chi connectivity index (χ3n) is 2.43. The first-order chi connectivity index (χ1) is 8.82. The molecule has 2 aromatic rings. The summed E-state index contributed by atoms with van der Waals surface area (Å²) in [5.41, 5.74) is -0.0311. The van der Waals surface area contributed by atoms with Crippen LogP contribution in [0.5, 0.6) is 0 Å². The van der Waals surface area contributed by atoms with Crippen LogP contribution in [0.1, 0.15) is 0 Å². The first-order valence-corrected chi connectivity index (χ1v) is 6.53. The minimum atomic E-state index is -4.03. The highest BCUT2D eigenvalue weighted by Gasteiger charge is 2.23. The monoisotopic (exact) mass is 283 g/mol. The number of nitrogens with two attached hydrogens (primary N) is 1. The van der Waals surface area contributed by atoms with Crippen molar-refractivity contribution in [3.8, 4) is 11.4 Å². The van der Waals surface area contributed by atoms with Gasteiger partial charge < -0.3 is 0 Å². The van der Waals surface area contributed by atoms with E-state index in [1.54, 1.807) is 6.07 Å². The average molecular weight is 283 g/mol. The van der Waals surface area contributed by atoms with Gasteiger partial charge in [-0.25, -0.2) is 13.6 Å². The summed E-state index contributed by atoms with van der Waals surface area (Å²) in [7, 11) is -2.67. The maximum atomic E-state index is 11.2. The van der Waals surface area contributed by atoms with Crippen LogP contribution in [-0.4, -0.2) is 28.1 Å². The summed E-state index contributed by atoms with van der Waals surface area (Å²) in [4.78, 5) is 10.3. The molecule has 1 aromatic heterocycles. The molecule has 0 amide bonds. The molecular formula is C9H9N5O4S. The van der Waals surface area contributed by atoms with Crippen molar-refractivity contribution in [1.29, 1.82) is 0 Å². The van der Waals surface area contributed by atoms with E-state index in [0.29, 0.717) is 0 Å². The number of hydrogen-bond donors (Lipinski definition) is 1. The van der Waals surface area contributed by atoms with E-state index in [4.69, 9.17) is 5.14 Å². The van der Waals surface area contributed by atoms with Gasteiger partial charge in [0, 0.05) is 13.1 Å². The summed E-state index contributed by atoms with van der Waals surface area (Å²) in [6.07, 6.45) is 0. The number of hydrogen-bond acceptors (Lipinski definition) is 6. The molecule has 0 unspecified atom stereocenters. The molecule has 0 atom stereocenters. The van der Waals surface area contributed by atoms with Crippen LogP contribution in [0.4, 0.5) is 5.69 Å². The van der Waals surface area contributed by atoms with Crippen molar-refractivity contribution in [1.82, 2.24) is 14.8 Å². The minimum absolute atomic E-state index is 0.0522. The fourth-order valence-electron chi connectivity index (χ4n) is 1.62. The van der Waals surface area contributed by atoms with E-state index in [-0.39, 0.29) is 17.1 Å². The van der Waals surface area contributed by atoms with E-state index < -0.39 is 20.1 Å². The second-order valence-corrected chi connectivity index (χ2v) is 5.14. The van der Waals surface area contributed by atoms with Gasteiger partial charge in [0.15, 0.2) is 5.82 Å². The number of aromatic nitrogens is 3. The summed E-state index contributed by atoms with van der Waals surface area (Å²) >= 11 is 0. The number of para-hydroxylation sites is 1. The van der Waals surface area contributed by atoms with Gasteiger partial charge in [-0.05, 0) is 6.07 Å². The first-order valence-electron chi connectivity index (χ1n) is 4.98. The molecule has 0 spiro atoms. The molecule has 0 bridgehead atoms. The molecule has 0 fully saturated rings. The molecule has 10 heteroatoms. The Labute approximate surface area is 107 Å². The lowest BCUT2D eigenvalue weighted by molar-refractivity contribution is -0.384. The van der Waals surface area contributed by atoms with Crippen LogP contribution in [0, 0.1) is 10.1 Å². The predicted octanol–water partition coefficient (Wildman–Crippen LogP) is 0.0377. The maximum Gasteiger partial charge on any atom is 0.280 e. The topological polar surface area (TPSA) is 134 Å². The molecule has 1 heterocycles. The Balaban J connectivity index is 2.68. The SMILES string of the molecule is Cn1c(-c2ccccc2[N+](=O)[O-])nnc1S(N)(=O)=O. The standard InChI is InChI=1S/C9H9N5O4S/c1-13-8(11-12-9(13)19(10,17)18)6-4-2-3-5-7(6)14(15)16/h2-5H,1H3,(H2,10,17,18). The van der Waals surface area contributed by atoms with Crippen molar-refractivity contribution in [3.05, 3.63) is 34.4 Å². The summed E-state index contributed by atoms with van der Waals surface area (Å²) in [5, 5.41) is 22.5. The second-order valence-electron chi connectivity index (χ2n) is 3.68. The minimum Gasteiger partial charge on any atom is -0.300 e.